The van der Waals surface area contributed by atoms with Crippen LogP contribution in [0.2, 0.25) is 0 Å². The number of hydrogen-bond acceptors (Lipinski definition) is 6. The number of aromatic nitrogens is 1. The Hall–Kier alpha value is -2.05. The zero-order chi connectivity index (χ0) is 14.5. The fourth-order valence-corrected chi connectivity index (χ4v) is 2.23. The fourth-order valence-electron chi connectivity index (χ4n) is 2.23. The normalized spacial score (nSPS) is 18.7. The highest BCUT2D eigenvalue weighted by atomic mass is 16.5. The number of rotatable bonds is 4. The molecule has 0 aromatic carbocycles. The Bertz CT molecular complexity index is 485. The number of carbonyl (C=O) groups excluding carboxylic acids is 2. The first-order valence-electron chi connectivity index (χ1n) is 6.62. The van der Waals surface area contributed by atoms with Crippen LogP contribution < -0.4 is 4.74 Å². The number of esters is 1. The van der Waals surface area contributed by atoms with Gasteiger partial charge in [0.25, 0.3) is 11.8 Å². The minimum atomic E-state index is -0.283. The minimum absolute atomic E-state index is 0.117. The molecule has 1 aliphatic heterocycles. The van der Waals surface area contributed by atoms with Gasteiger partial charge in [0.1, 0.15) is 0 Å². The zero-order valence-corrected chi connectivity index (χ0v) is 11.6. The predicted molar refractivity (Wildman–Crippen MR) is 68.3 cm³/mol. The maximum absolute atomic E-state index is 12.2. The van der Waals surface area contributed by atoms with Gasteiger partial charge in [-0.25, -0.2) is 0 Å². The van der Waals surface area contributed by atoms with Crippen LogP contribution in [-0.4, -0.2) is 48.7 Å². The lowest BCUT2D eigenvalue weighted by atomic mass is 9.98. The Balaban J connectivity index is 2.01. The molecule has 0 saturated carbocycles. The molecule has 0 spiro atoms. The fraction of sp³-hybridized carbons (Fsp3) is 0.615. The zero-order valence-electron chi connectivity index (χ0n) is 11.6. The van der Waals surface area contributed by atoms with Crippen LogP contribution in [0.4, 0.5) is 0 Å². The molecule has 110 valence electrons. The van der Waals surface area contributed by atoms with Crippen molar-refractivity contribution in [3.63, 3.8) is 0 Å². The average Bonchev–Trinajstić information content (AvgIpc) is 2.96. The lowest BCUT2D eigenvalue weighted by molar-refractivity contribution is -0.149. The first-order valence-corrected chi connectivity index (χ1v) is 6.62. The maximum Gasteiger partial charge on any atom is 0.310 e. The molecule has 2 heterocycles. The summed E-state index contributed by atoms with van der Waals surface area (Å²) in [5.41, 5.74) is 0. The molecule has 0 N–H and O–H groups in total. The van der Waals surface area contributed by atoms with Crippen LogP contribution in [0.3, 0.4) is 0 Å². The van der Waals surface area contributed by atoms with Gasteiger partial charge in [-0.1, -0.05) is 0 Å². The third-order valence-corrected chi connectivity index (χ3v) is 3.24. The van der Waals surface area contributed by atoms with Gasteiger partial charge >= 0.3 is 5.97 Å². The van der Waals surface area contributed by atoms with Crippen molar-refractivity contribution in [3.8, 4) is 5.88 Å². The van der Waals surface area contributed by atoms with Crippen LogP contribution in [-0.2, 0) is 9.53 Å². The third kappa shape index (κ3) is 3.09. The minimum Gasteiger partial charge on any atom is -0.479 e. The van der Waals surface area contributed by atoms with Crippen LogP contribution in [0.15, 0.2) is 10.6 Å². The van der Waals surface area contributed by atoms with Crippen molar-refractivity contribution in [1.29, 1.82) is 0 Å². The highest BCUT2D eigenvalue weighted by molar-refractivity contribution is 5.92. The molecule has 0 bridgehead atoms. The van der Waals surface area contributed by atoms with Gasteiger partial charge in [0.15, 0.2) is 0 Å². The van der Waals surface area contributed by atoms with Crippen molar-refractivity contribution in [3.05, 3.63) is 11.8 Å². The van der Waals surface area contributed by atoms with Crippen LogP contribution in [0.1, 0.15) is 30.3 Å². The van der Waals surface area contributed by atoms with E-state index in [1.165, 1.54) is 13.2 Å². The summed E-state index contributed by atoms with van der Waals surface area (Å²) < 4.78 is 14.8. The summed E-state index contributed by atoms with van der Waals surface area (Å²) >= 11 is 0. The van der Waals surface area contributed by atoms with Gasteiger partial charge in [0.05, 0.1) is 25.7 Å². The number of methoxy groups -OCH3 is 1. The van der Waals surface area contributed by atoms with Crippen molar-refractivity contribution >= 4 is 11.9 Å². The number of carbonyl (C=O) groups is 2. The molecule has 20 heavy (non-hydrogen) atoms. The van der Waals surface area contributed by atoms with Crippen LogP contribution >= 0.6 is 0 Å². The topological polar surface area (TPSA) is 81.9 Å². The Morgan fingerprint density at radius 1 is 1.55 bits per heavy atom. The van der Waals surface area contributed by atoms with Gasteiger partial charge in [-0.3, -0.25) is 9.59 Å². The Kier molecular flexibility index (Phi) is 4.60. The van der Waals surface area contributed by atoms with Gasteiger partial charge in [-0.15, -0.1) is 0 Å². The summed E-state index contributed by atoms with van der Waals surface area (Å²) in [5, 5.41) is 3.60. The number of amides is 1. The van der Waals surface area contributed by atoms with Crippen molar-refractivity contribution in [2.24, 2.45) is 5.92 Å². The van der Waals surface area contributed by atoms with E-state index < -0.39 is 0 Å². The summed E-state index contributed by atoms with van der Waals surface area (Å²) in [4.78, 5) is 25.6. The molecule has 1 amide bonds. The van der Waals surface area contributed by atoms with E-state index in [4.69, 9.17) is 14.0 Å². The van der Waals surface area contributed by atoms with E-state index in [0.29, 0.717) is 19.7 Å². The van der Waals surface area contributed by atoms with Gasteiger partial charge in [-0.2, -0.15) is 0 Å². The van der Waals surface area contributed by atoms with E-state index in [2.05, 4.69) is 5.16 Å². The van der Waals surface area contributed by atoms with E-state index in [1.807, 2.05) is 0 Å². The van der Waals surface area contributed by atoms with Crippen LogP contribution in [0.5, 0.6) is 5.88 Å². The maximum atomic E-state index is 12.2. The Morgan fingerprint density at radius 2 is 2.35 bits per heavy atom. The van der Waals surface area contributed by atoms with Crippen molar-refractivity contribution < 1.29 is 23.6 Å². The average molecular weight is 282 g/mol. The van der Waals surface area contributed by atoms with Crippen LogP contribution in [0, 0.1) is 5.92 Å². The third-order valence-electron chi connectivity index (χ3n) is 3.24. The quantitative estimate of drug-likeness (QED) is 0.769. The van der Waals surface area contributed by atoms with E-state index in [1.54, 1.807) is 11.8 Å². The largest absolute Gasteiger partial charge is 0.479 e. The van der Waals surface area contributed by atoms with Gasteiger partial charge in [0, 0.05) is 13.1 Å². The molecule has 1 aromatic rings. The second-order valence-electron chi connectivity index (χ2n) is 4.58. The summed E-state index contributed by atoms with van der Waals surface area (Å²) in [6, 6.07) is 1.44. The molecule has 0 radical (unpaired) electrons. The Labute approximate surface area is 116 Å². The van der Waals surface area contributed by atoms with E-state index in [9.17, 15) is 9.59 Å². The number of hydrogen-bond donors (Lipinski definition) is 0. The summed E-state index contributed by atoms with van der Waals surface area (Å²) in [6.07, 6.45) is 1.50. The molecule has 1 aromatic heterocycles. The summed E-state index contributed by atoms with van der Waals surface area (Å²) in [5.74, 6) is -0.425. The molecule has 1 saturated heterocycles. The Morgan fingerprint density at radius 3 is 3.00 bits per heavy atom. The highest BCUT2D eigenvalue weighted by Gasteiger charge is 2.31. The first-order chi connectivity index (χ1) is 9.65. The SMILES string of the molecule is CCOC(=O)C1CCCN(C(=O)c2cc(OC)no2)C1. The van der Waals surface area contributed by atoms with E-state index >= 15 is 0 Å². The van der Waals surface area contributed by atoms with Gasteiger partial charge < -0.3 is 18.9 Å². The number of ether oxygens (including phenoxy) is 2. The number of nitrogens with zero attached hydrogens (tertiary/aromatic N) is 2. The first kappa shape index (κ1) is 14.4. The van der Waals surface area contributed by atoms with Crippen molar-refractivity contribution in [2.75, 3.05) is 26.8 Å². The van der Waals surface area contributed by atoms with E-state index in [-0.39, 0.29) is 29.4 Å². The molecule has 1 fully saturated rings. The van der Waals surface area contributed by atoms with Gasteiger partial charge in [-0.05, 0) is 24.9 Å². The van der Waals surface area contributed by atoms with E-state index in [0.717, 1.165) is 12.8 Å². The standard InChI is InChI=1S/C13H18N2O5/c1-3-19-13(17)9-5-4-6-15(8-9)12(16)10-7-11(18-2)14-20-10/h7,9H,3-6,8H2,1-2H3. The molecule has 2 rings (SSSR count). The summed E-state index contributed by atoms with van der Waals surface area (Å²) in [6.45, 7) is 3.06. The van der Waals surface area contributed by atoms with Crippen molar-refractivity contribution in [1.82, 2.24) is 10.1 Å². The van der Waals surface area contributed by atoms with Crippen molar-refractivity contribution in [2.45, 2.75) is 19.8 Å². The molecule has 0 aliphatic carbocycles. The lowest BCUT2D eigenvalue weighted by Crippen LogP contribution is -2.42. The predicted octanol–water partition coefficient (Wildman–Crippen LogP) is 1.10. The molecular formula is C13H18N2O5. The van der Waals surface area contributed by atoms with Crippen LogP contribution in [0.25, 0.3) is 0 Å². The second kappa shape index (κ2) is 6.40. The lowest BCUT2D eigenvalue weighted by Gasteiger charge is -2.30. The molecule has 1 unspecified atom stereocenters. The molecule has 1 atom stereocenters. The molecule has 7 heteroatoms. The molecule has 1 aliphatic rings. The highest BCUT2D eigenvalue weighted by Crippen LogP contribution is 2.21. The molecular weight excluding hydrogens is 264 g/mol. The number of piperidine rings is 1. The monoisotopic (exact) mass is 282 g/mol. The second-order valence-corrected chi connectivity index (χ2v) is 4.58. The molecule has 7 nitrogen and oxygen atoms in total. The summed E-state index contributed by atoms with van der Waals surface area (Å²) in [7, 11) is 1.45. The number of likely N-dealkylation sites (tertiary alicyclic amines) is 1. The van der Waals surface area contributed by atoms with Gasteiger partial charge in [0.2, 0.25) is 5.76 Å². The smallest absolute Gasteiger partial charge is 0.310 e.